The minimum atomic E-state index is -0.605. The van der Waals surface area contributed by atoms with E-state index in [4.69, 9.17) is 9.05 Å². The summed E-state index contributed by atoms with van der Waals surface area (Å²) < 4.78 is 43.4. The fraction of sp³-hybridized carbons (Fsp3) is 0.348. The second-order valence-corrected chi connectivity index (χ2v) is 15.9. The highest BCUT2D eigenvalue weighted by atomic mass is 19.1. The molecule has 4 heterocycles. The summed E-state index contributed by atoms with van der Waals surface area (Å²) in [4.78, 5) is 31.2. The molecule has 6 aromatic rings. The van der Waals surface area contributed by atoms with Crippen LogP contribution in [-0.4, -0.2) is 70.2 Å². The maximum atomic E-state index is 14.5. The van der Waals surface area contributed by atoms with Crippen molar-refractivity contribution in [1.82, 2.24) is 30.5 Å². The van der Waals surface area contributed by atoms with Gasteiger partial charge in [0.15, 0.2) is 6.29 Å². The van der Waals surface area contributed by atoms with Gasteiger partial charge in [0.1, 0.15) is 17.7 Å². The number of hydrogen-bond acceptors (Lipinski definition) is 11. The van der Waals surface area contributed by atoms with Crippen LogP contribution in [0.5, 0.6) is 0 Å². The number of nitrogens with one attached hydrogen (secondary N) is 1. The highest BCUT2D eigenvalue weighted by molar-refractivity contribution is 5.76. The Kier molecular flexibility index (Phi) is 14.6. The molecule has 0 bridgehead atoms. The zero-order chi connectivity index (χ0) is 41.9. The largest absolute Gasteiger partial charge is 0.462 e. The van der Waals surface area contributed by atoms with Crippen LogP contribution in [-0.2, 0) is 28.9 Å². The summed E-state index contributed by atoms with van der Waals surface area (Å²) in [5, 5.41) is 10.9. The monoisotopic (exact) mass is 804 g/mol. The van der Waals surface area contributed by atoms with Crippen molar-refractivity contribution in [3.05, 3.63) is 119 Å². The molecule has 2 saturated heterocycles. The number of halogens is 2. The third kappa shape index (κ3) is 11.8. The molecular formula is C46H50F2N6O5. The Labute approximate surface area is 343 Å². The van der Waals surface area contributed by atoms with Crippen LogP contribution < -0.4 is 5.32 Å². The first-order chi connectivity index (χ1) is 28.5. The topological polar surface area (TPSA) is 136 Å². The molecule has 0 aliphatic carbocycles. The van der Waals surface area contributed by atoms with Crippen molar-refractivity contribution in [2.45, 2.75) is 60.1 Å². The fourth-order valence-corrected chi connectivity index (χ4v) is 6.64. The molecule has 2 fully saturated rings. The number of likely N-dealkylation sites (tertiary alicyclic amines) is 1. The van der Waals surface area contributed by atoms with Crippen LogP contribution in [0.2, 0.25) is 0 Å². The molecule has 2 aliphatic rings. The van der Waals surface area contributed by atoms with E-state index in [1.165, 1.54) is 29.3 Å². The van der Waals surface area contributed by atoms with E-state index in [1.54, 1.807) is 6.07 Å². The Balaban J connectivity index is 0.000000172. The van der Waals surface area contributed by atoms with Crippen LogP contribution in [0, 0.1) is 29.4 Å². The lowest BCUT2D eigenvalue weighted by Gasteiger charge is -2.37. The molecular weight excluding hydrogens is 755 g/mol. The number of rotatable bonds is 13. The van der Waals surface area contributed by atoms with Crippen molar-refractivity contribution in [3.8, 4) is 45.7 Å². The number of aromatic nitrogens is 4. The van der Waals surface area contributed by atoms with Gasteiger partial charge in [0.25, 0.3) is 18.3 Å². The second kappa shape index (κ2) is 20.2. The minimum Gasteiger partial charge on any atom is -0.462 e. The molecule has 0 amide bonds. The lowest BCUT2D eigenvalue weighted by Crippen LogP contribution is -2.48. The zero-order valence-corrected chi connectivity index (χ0v) is 34.0. The molecule has 8 rings (SSSR count). The summed E-state index contributed by atoms with van der Waals surface area (Å²) in [6.45, 7) is 15.8. The molecule has 308 valence electrons. The van der Waals surface area contributed by atoms with Gasteiger partial charge in [-0.05, 0) is 84.2 Å². The molecule has 2 aliphatic heterocycles. The number of hydrogen-bond donors (Lipinski definition) is 1. The van der Waals surface area contributed by atoms with Crippen LogP contribution >= 0.6 is 0 Å². The van der Waals surface area contributed by atoms with E-state index in [0.29, 0.717) is 71.4 Å². The number of nitrogens with zero attached hydrogens (tertiary/aromatic N) is 5. The highest BCUT2D eigenvalue weighted by Gasteiger charge is 2.23. The first-order valence-corrected chi connectivity index (χ1v) is 19.9. The third-order valence-corrected chi connectivity index (χ3v) is 9.76. The summed E-state index contributed by atoms with van der Waals surface area (Å²) in [6.07, 6.45) is 2.67. The Bertz CT molecular complexity index is 2280. The number of carbonyl (C=O) groups is 2. The van der Waals surface area contributed by atoms with Crippen molar-refractivity contribution in [2.24, 2.45) is 17.8 Å². The lowest BCUT2D eigenvalue weighted by molar-refractivity contribution is -0.135. The van der Waals surface area contributed by atoms with Crippen LogP contribution in [0.4, 0.5) is 8.78 Å². The Morgan fingerprint density at radius 1 is 0.729 bits per heavy atom. The summed E-state index contributed by atoms with van der Waals surface area (Å²) in [7, 11) is 0. The molecule has 4 aromatic carbocycles. The van der Waals surface area contributed by atoms with E-state index in [0.717, 1.165) is 50.1 Å². The first kappa shape index (κ1) is 42.7. The molecule has 0 unspecified atom stereocenters. The number of benzene rings is 4. The van der Waals surface area contributed by atoms with Gasteiger partial charge in [0, 0.05) is 60.5 Å². The van der Waals surface area contributed by atoms with Gasteiger partial charge < -0.3 is 19.1 Å². The van der Waals surface area contributed by atoms with Crippen molar-refractivity contribution < 1.29 is 32.2 Å². The SMILES string of the molecule is CC(C)Cc1ccc(-c2nc(-c3ccc(C=O)c(F)c3)no2)cc1.CC(C)Cc1ccc(-c2nc(-c3ccc(CN4CC(C)C4)c(F)c3)no2)cc1.O=COC1CNC1. The maximum Gasteiger partial charge on any atom is 0.293 e. The quantitative estimate of drug-likeness (QED) is 0.112. The standard InChI is InChI=1S/C23H26FN3O.C19H17FN2O2.C4H7NO2/c1-15(2)10-17-4-6-18(7-5-17)23-25-22(26-28-23)19-8-9-20(21(24)11-19)14-27-12-16(3)13-27;1-12(2)9-13-3-5-14(6-4-13)19-21-18(22-24-19)15-7-8-16(11-23)17(20)10-15;6-3-7-4-1-5-2-4/h4-9,11,15-16H,10,12-14H2,1-3H3;3-8,10-12H,9H2,1-2H3;3-5H,1-2H2. The zero-order valence-electron chi connectivity index (χ0n) is 34.0. The van der Waals surface area contributed by atoms with E-state index in [-0.39, 0.29) is 23.3 Å². The summed E-state index contributed by atoms with van der Waals surface area (Å²) in [6, 6.07) is 25.5. The molecule has 0 saturated carbocycles. The molecule has 0 atom stereocenters. The van der Waals surface area contributed by atoms with Crippen LogP contribution in [0.15, 0.2) is 94.0 Å². The van der Waals surface area contributed by atoms with Gasteiger partial charge in [-0.3, -0.25) is 14.5 Å². The normalized spacial score (nSPS) is 14.1. The Morgan fingerprint density at radius 2 is 1.22 bits per heavy atom. The van der Waals surface area contributed by atoms with Crippen molar-refractivity contribution in [3.63, 3.8) is 0 Å². The van der Waals surface area contributed by atoms with Gasteiger partial charge in [0.2, 0.25) is 11.6 Å². The fourth-order valence-electron chi connectivity index (χ4n) is 6.64. The lowest BCUT2D eigenvalue weighted by atomic mass is 10.0. The predicted molar refractivity (Wildman–Crippen MR) is 221 cm³/mol. The number of ether oxygens (including phenoxy) is 1. The van der Waals surface area contributed by atoms with Gasteiger partial charge in [0.05, 0.1) is 5.56 Å². The van der Waals surface area contributed by atoms with Gasteiger partial charge in [-0.25, -0.2) is 8.78 Å². The smallest absolute Gasteiger partial charge is 0.293 e. The van der Waals surface area contributed by atoms with E-state index in [2.05, 4.69) is 82.0 Å². The molecule has 59 heavy (non-hydrogen) atoms. The molecule has 11 nitrogen and oxygen atoms in total. The van der Waals surface area contributed by atoms with Gasteiger partial charge in [-0.15, -0.1) is 0 Å². The first-order valence-electron chi connectivity index (χ1n) is 19.9. The third-order valence-electron chi connectivity index (χ3n) is 9.76. The van der Waals surface area contributed by atoms with Crippen molar-refractivity contribution in [1.29, 1.82) is 0 Å². The second-order valence-electron chi connectivity index (χ2n) is 15.9. The summed E-state index contributed by atoms with van der Waals surface area (Å²) in [5.74, 6) is 2.61. The van der Waals surface area contributed by atoms with E-state index in [1.807, 2.05) is 48.5 Å². The Hall–Kier alpha value is -5.92. The van der Waals surface area contributed by atoms with Gasteiger partial charge in [-0.2, -0.15) is 9.97 Å². The van der Waals surface area contributed by atoms with E-state index >= 15 is 0 Å². The van der Waals surface area contributed by atoms with Crippen LogP contribution in [0.1, 0.15) is 61.7 Å². The van der Waals surface area contributed by atoms with Crippen molar-refractivity contribution in [2.75, 3.05) is 26.2 Å². The summed E-state index contributed by atoms with van der Waals surface area (Å²) in [5.41, 5.74) is 6.02. The van der Waals surface area contributed by atoms with Gasteiger partial charge >= 0.3 is 0 Å². The summed E-state index contributed by atoms with van der Waals surface area (Å²) >= 11 is 0. The maximum absolute atomic E-state index is 14.5. The highest BCUT2D eigenvalue weighted by Crippen LogP contribution is 2.27. The number of carbonyl (C=O) groups excluding carboxylic acids is 2. The molecule has 0 radical (unpaired) electrons. The molecule has 13 heteroatoms. The predicted octanol–water partition coefficient (Wildman–Crippen LogP) is 8.88. The minimum absolute atomic E-state index is 0.00297. The van der Waals surface area contributed by atoms with E-state index in [9.17, 15) is 18.4 Å². The number of aldehydes is 1. The molecule has 0 spiro atoms. The van der Waals surface area contributed by atoms with Gasteiger partial charge in [-0.1, -0.05) is 87.4 Å². The molecule has 1 N–H and O–H groups in total. The Morgan fingerprint density at radius 3 is 1.61 bits per heavy atom. The molecule has 2 aromatic heterocycles. The average Bonchev–Trinajstić information content (AvgIpc) is 3.89. The van der Waals surface area contributed by atoms with Crippen molar-refractivity contribution >= 4 is 12.8 Å². The van der Waals surface area contributed by atoms with Crippen LogP contribution in [0.25, 0.3) is 45.7 Å². The average molecular weight is 805 g/mol. The van der Waals surface area contributed by atoms with Crippen LogP contribution in [0.3, 0.4) is 0 Å². The van der Waals surface area contributed by atoms with E-state index < -0.39 is 5.82 Å².